The summed E-state index contributed by atoms with van der Waals surface area (Å²) < 4.78 is 13.4. The lowest BCUT2D eigenvalue weighted by molar-refractivity contribution is 0.0449. The zero-order chi connectivity index (χ0) is 13.1. The van der Waals surface area contributed by atoms with Crippen molar-refractivity contribution in [3.05, 3.63) is 35.1 Å². The van der Waals surface area contributed by atoms with Crippen molar-refractivity contribution in [1.82, 2.24) is 0 Å². The predicted molar refractivity (Wildman–Crippen MR) is 71.8 cm³/mol. The van der Waals surface area contributed by atoms with E-state index in [1.54, 1.807) is 0 Å². The maximum absolute atomic E-state index is 13.4. The molecule has 2 rings (SSSR count). The summed E-state index contributed by atoms with van der Waals surface area (Å²) in [7, 11) is 0. The molecule has 3 atom stereocenters. The van der Waals surface area contributed by atoms with E-state index in [1.165, 1.54) is 31.4 Å². The molecule has 100 valence electrons. The first-order chi connectivity index (χ1) is 8.61. The largest absolute Gasteiger partial charge is 0.388 e. The molecule has 1 aliphatic rings. The van der Waals surface area contributed by atoms with Gasteiger partial charge in [0.1, 0.15) is 5.82 Å². The van der Waals surface area contributed by atoms with Crippen LogP contribution in [0.5, 0.6) is 0 Å². The van der Waals surface area contributed by atoms with Crippen molar-refractivity contribution in [1.29, 1.82) is 0 Å². The molecular formula is C16H23FO. The highest BCUT2D eigenvalue weighted by molar-refractivity contribution is 5.26. The molecule has 3 unspecified atom stereocenters. The first-order valence-electron chi connectivity index (χ1n) is 7.07. The fraction of sp³-hybridized carbons (Fsp3) is 0.625. The lowest BCUT2D eigenvalue weighted by Crippen LogP contribution is -2.25. The molecule has 0 bridgehead atoms. The number of hydrogen-bond acceptors (Lipinski definition) is 1. The number of aliphatic hydroxyl groups is 1. The van der Waals surface area contributed by atoms with Gasteiger partial charge in [-0.25, -0.2) is 4.39 Å². The van der Waals surface area contributed by atoms with Gasteiger partial charge < -0.3 is 5.11 Å². The van der Waals surface area contributed by atoms with Crippen LogP contribution in [0.2, 0.25) is 0 Å². The normalized spacial score (nSPS) is 26.0. The van der Waals surface area contributed by atoms with Gasteiger partial charge in [0.25, 0.3) is 0 Å². The number of aliphatic hydroxyl groups excluding tert-OH is 1. The van der Waals surface area contributed by atoms with Crippen LogP contribution in [0, 0.1) is 24.6 Å². The van der Waals surface area contributed by atoms with Crippen molar-refractivity contribution in [2.24, 2.45) is 11.8 Å². The van der Waals surface area contributed by atoms with Crippen LogP contribution in [0.1, 0.15) is 56.3 Å². The van der Waals surface area contributed by atoms with Gasteiger partial charge in [0.15, 0.2) is 0 Å². The Bertz CT molecular complexity index is 382. The minimum absolute atomic E-state index is 0.243. The van der Waals surface area contributed by atoms with E-state index in [0.29, 0.717) is 11.8 Å². The van der Waals surface area contributed by atoms with Crippen LogP contribution in [0.3, 0.4) is 0 Å². The van der Waals surface area contributed by atoms with Gasteiger partial charge in [-0.2, -0.15) is 0 Å². The molecule has 0 radical (unpaired) electrons. The van der Waals surface area contributed by atoms with Crippen molar-refractivity contribution >= 4 is 0 Å². The van der Waals surface area contributed by atoms with Crippen molar-refractivity contribution in [2.45, 2.75) is 52.1 Å². The molecule has 1 aliphatic carbocycles. The van der Waals surface area contributed by atoms with Crippen LogP contribution in [-0.4, -0.2) is 5.11 Å². The number of hydrogen-bond donors (Lipinski definition) is 1. The van der Waals surface area contributed by atoms with Gasteiger partial charge in [0.05, 0.1) is 6.10 Å². The second kappa shape index (κ2) is 5.83. The standard InChI is InChI=1S/C16H23FO/c1-3-12-6-4-5-7-15(12)16(18)13-8-11(2)9-14(17)10-13/h8-10,12,15-16,18H,3-7H2,1-2H3. The Labute approximate surface area is 109 Å². The minimum atomic E-state index is -0.510. The molecule has 0 heterocycles. The van der Waals surface area contributed by atoms with Gasteiger partial charge in [0.2, 0.25) is 0 Å². The highest BCUT2D eigenvalue weighted by Crippen LogP contribution is 2.40. The maximum Gasteiger partial charge on any atom is 0.123 e. The molecule has 0 aliphatic heterocycles. The smallest absolute Gasteiger partial charge is 0.123 e. The molecule has 2 heteroatoms. The van der Waals surface area contributed by atoms with Crippen molar-refractivity contribution in [2.75, 3.05) is 0 Å². The molecule has 1 aromatic carbocycles. The third-order valence-electron chi connectivity index (χ3n) is 4.30. The van der Waals surface area contributed by atoms with Gasteiger partial charge in [0, 0.05) is 0 Å². The molecule has 0 spiro atoms. The Kier molecular flexibility index (Phi) is 4.39. The van der Waals surface area contributed by atoms with Crippen molar-refractivity contribution < 1.29 is 9.50 Å². The monoisotopic (exact) mass is 250 g/mol. The predicted octanol–water partition coefficient (Wildman–Crippen LogP) is 4.38. The van der Waals surface area contributed by atoms with Crippen molar-refractivity contribution in [3.63, 3.8) is 0 Å². The van der Waals surface area contributed by atoms with Crippen molar-refractivity contribution in [3.8, 4) is 0 Å². The second-order valence-corrected chi connectivity index (χ2v) is 5.62. The molecule has 0 amide bonds. The van der Waals surface area contributed by atoms with E-state index >= 15 is 0 Å². The van der Waals surface area contributed by atoms with E-state index in [0.717, 1.165) is 24.0 Å². The lowest BCUT2D eigenvalue weighted by atomic mass is 9.73. The van der Waals surface area contributed by atoms with E-state index in [1.807, 2.05) is 13.0 Å². The van der Waals surface area contributed by atoms with Gasteiger partial charge in [-0.15, -0.1) is 0 Å². The SMILES string of the molecule is CCC1CCCCC1C(O)c1cc(C)cc(F)c1. The average Bonchev–Trinajstić information content (AvgIpc) is 2.36. The Hall–Kier alpha value is -0.890. The fourth-order valence-electron chi connectivity index (χ4n) is 3.34. The van der Waals surface area contributed by atoms with Crippen LogP contribution >= 0.6 is 0 Å². The summed E-state index contributed by atoms with van der Waals surface area (Å²) in [6, 6.07) is 4.91. The zero-order valence-electron chi connectivity index (χ0n) is 11.3. The van der Waals surface area contributed by atoms with Crippen LogP contribution < -0.4 is 0 Å². The van der Waals surface area contributed by atoms with Crippen LogP contribution in [0.4, 0.5) is 4.39 Å². The summed E-state index contributed by atoms with van der Waals surface area (Å²) in [6.07, 6.45) is 5.32. The summed E-state index contributed by atoms with van der Waals surface area (Å²) in [5, 5.41) is 10.5. The maximum atomic E-state index is 13.4. The summed E-state index contributed by atoms with van der Waals surface area (Å²) >= 11 is 0. The highest BCUT2D eigenvalue weighted by atomic mass is 19.1. The molecule has 18 heavy (non-hydrogen) atoms. The third-order valence-corrected chi connectivity index (χ3v) is 4.30. The quantitative estimate of drug-likeness (QED) is 0.843. The van der Waals surface area contributed by atoms with E-state index in [4.69, 9.17) is 0 Å². The van der Waals surface area contributed by atoms with E-state index < -0.39 is 6.10 Å². The Morgan fingerprint density at radius 2 is 2.00 bits per heavy atom. The molecule has 1 N–H and O–H groups in total. The van der Waals surface area contributed by atoms with E-state index in [2.05, 4.69) is 6.92 Å². The first-order valence-corrected chi connectivity index (χ1v) is 7.07. The molecule has 1 saturated carbocycles. The average molecular weight is 250 g/mol. The topological polar surface area (TPSA) is 20.2 Å². The van der Waals surface area contributed by atoms with Crippen LogP contribution in [0.25, 0.3) is 0 Å². The zero-order valence-corrected chi connectivity index (χ0v) is 11.3. The van der Waals surface area contributed by atoms with Gasteiger partial charge >= 0.3 is 0 Å². The highest BCUT2D eigenvalue weighted by Gasteiger charge is 2.30. The Morgan fingerprint density at radius 3 is 2.67 bits per heavy atom. The summed E-state index contributed by atoms with van der Waals surface area (Å²) in [4.78, 5) is 0. The van der Waals surface area contributed by atoms with E-state index in [9.17, 15) is 9.50 Å². The third kappa shape index (κ3) is 2.92. The number of rotatable bonds is 3. The van der Waals surface area contributed by atoms with E-state index in [-0.39, 0.29) is 5.82 Å². The van der Waals surface area contributed by atoms with Gasteiger partial charge in [-0.1, -0.05) is 38.7 Å². The number of benzene rings is 1. The fourth-order valence-corrected chi connectivity index (χ4v) is 3.34. The van der Waals surface area contributed by atoms with Gasteiger partial charge in [-0.05, 0) is 48.4 Å². The molecule has 1 nitrogen and oxygen atoms in total. The molecule has 0 saturated heterocycles. The molecule has 0 aromatic heterocycles. The molecule has 1 aromatic rings. The summed E-state index contributed by atoms with van der Waals surface area (Å²) in [6.45, 7) is 4.06. The minimum Gasteiger partial charge on any atom is -0.388 e. The lowest BCUT2D eigenvalue weighted by Gasteiger charge is -2.34. The Morgan fingerprint density at radius 1 is 1.28 bits per heavy atom. The summed E-state index contributed by atoms with van der Waals surface area (Å²) in [5.41, 5.74) is 1.63. The van der Waals surface area contributed by atoms with Gasteiger partial charge in [-0.3, -0.25) is 0 Å². The summed E-state index contributed by atoms with van der Waals surface area (Å²) in [5.74, 6) is 0.634. The molecular weight excluding hydrogens is 227 g/mol. The van der Waals surface area contributed by atoms with Crippen LogP contribution in [0.15, 0.2) is 18.2 Å². The second-order valence-electron chi connectivity index (χ2n) is 5.62. The number of halogens is 1. The first kappa shape index (κ1) is 13.5. The Balaban J connectivity index is 2.20. The molecule has 1 fully saturated rings. The van der Waals surface area contributed by atoms with Crippen LogP contribution in [-0.2, 0) is 0 Å². The number of aryl methyl sites for hydroxylation is 1.